The lowest BCUT2D eigenvalue weighted by Gasteiger charge is -2.26. The highest BCUT2D eigenvalue weighted by molar-refractivity contribution is 6.04. The summed E-state index contributed by atoms with van der Waals surface area (Å²) in [6.07, 6.45) is 1.73. The third-order valence-electron chi connectivity index (χ3n) is 3.76. The molecule has 0 unspecified atom stereocenters. The topological polar surface area (TPSA) is 63.1 Å². The molecule has 1 aromatic heterocycles. The zero-order valence-corrected chi connectivity index (χ0v) is 12.5. The molecule has 21 heavy (non-hydrogen) atoms. The molecular formula is C15H19N5O. The third kappa shape index (κ3) is 2.67. The lowest BCUT2D eigenvalue weighted by molar-refractivity contribution is 0.0988. The fraction of sp³-hybridized carbons (Fsp3) is 0.400. The van der Waals surface area contributed by atoms with Gasteiger partial charge >= 0.3 is 0 Å². The Morgan fingerprint density at radius 3 is 2.52 bits per heavy atom. The smallest absolute Gasteiger partial charge is 0.280 e. The van der Waals surface area contributed by atoms with E-state index in [4.69, 9.17) is 0 Å². The van der Waals surface area contributed by atoms with Crippen molar-refractivity contribution in [2.24, 2.45) is 0 Å². The van der Waals surface area contributed by atoms with Crippen LogP contribution in [0, 0.1) is 13.8 Å². The number of aromatic nitrogens is 3. The number of anilines is 1. The van der Waals surface area contributed by atoms with Crippen molar-refractivity contribution in [3.8, 4) is 0 Å². The lowest BCUT2D eigenvalue weighted by Crippen LogP contribution is -2.43. The van der Waals surface area contributed by atoms with Crippen LogP contribution in [-0.2, 0) is 0 Å². The highest BCUT2D eigenvalue weighted by atomic mass is 16.2. The first kappa shape index (κ1) is 13.8. The van der Waals surface area contributed by atoms with Crippen molar-refractivity contribution in [2.75, 3.05) is 25.0 Å². The van der Waals surface area contributed by atoms with Crippen LogP contribution in [0.4, 0.5) is 5.69 Å². The number of benzene rings is 1. The summed E-state index contributed by atoms with van der Waals surface area (Å²) in [4.78, 5) is 14.1. The summed E-state index contributed by atoms with van der Waals surface area (Å²) in [7, 11) is 1.76. The predicted octanol–water partition coefficient (Wildman–Crippen LogP) is 1.32. The second-order valence-electron chi connectivity index (χ2n) is 5.61. The van der Waals surface area contributed by atoms with Gasteiger partial charge in [-0.3, -0.25) is 4.79 Å². The largest absolute Gasteiger partial charge is 0.312 e. The number of rotatable bonds is 3. The van der Waals surface area contributed by atoms with Crippen LogP contribution >= 0.6 is 0 Å². The summed E-state index contributed by atoms with van der Waals surface area (Å²) < 4.78 is 1.76. The Kier molecular flexibility index (Phi) is 3.47. The Labute approximate surface area is 123 Å². The Bertz CT molecular complexity index is 654. The van der Waals surface area contributed by atoms with Gasteiger partial charge in [0.25, 0.3) is 5.91 Å². The van der Waals surface area contributed by atoms with Crippen molar-refractivity contribution < 1.29 is 4.79 Å². The number of amides is 1. The minimum atomic E-state index is -0.140. The van der Waals surface area contributed by atoms with E-state index < -0.39 is 0 Å². The maximum Gasteiger partial charge on any atom is 0.280 e. The van der Waals surface area contributed by atoms with Crippen LogP contribution in [0.15, 0.2) is 24.4 Å². The Hall–Kier alpha value is -2.21. The van der Waals surface area contributed by atoms with Crippen LogP contribution in [0.5, 0.6) is 0 Å². The molecule has 1 aliphatic rings. The van der Waals surface area contributed by atoms with E-state index in [0.717, 1.165) is 29.9 Å². The van der Waals surface area contributed by atoms with Crippen molar-refractivity contribution in [1.82, 2.24) is 20.3 Å². The Morgan fingerprint density at radius 2 is 1.95 bits per heavy atom. The first-order valence-corrected chi connectivity index (χ1v) is 7.03. The van der Waals surface area contributed by atoms with Crippen molar-refractivity contribution in [2.45, 2.75) is 19.9 Å². The molecular weight excluding hydrogens is 266 g/mol. The predicted molar refractivity (Wildman–Crippen MR) is 80.6 cm³/mol. The molecule has 2 aromatic rings. The van der Waals surface area contributed by atoms with Crippen molar-refractivity contribution >= 4 is 11.6 Å². The van der Waals surface area contributed by atoms with Gasteiger partial charge in [-0.2, -0.15) is 0 Å². The molecule has 0 aliphatic carbocycles. The molecule has 3 rings (SSSR count). The summed E-state index contributed by atoms with van der Waals surface area (Å²) in [5.74, 6) is -0.140. The van der Waals surface area contributed by atoms with E-state index in [9.17, 15) is 4.79 Å². The van der Waals surface area contributed by atoms with Gasteiger partial charge in [0.2, 0.25) is 0 Å². The molecule has 110 valence electrons. The van der Waals surface area contributed by atoms with Crippen LogP contribution in [0.2, 0.25) is 0 Å². The summed E-state index contributed by atoms with van der Waals surface area (Å²) in [6.45, 7) is 5.80. The van der Waals surface area contributed by atoms with E-state index in [1.54, 1.807) is 22.8 Å². The van der Waals surface area contributed by atoms with Crippen LogP contribution in [0.25, 0.3) is 0 Å². The molecule has 0 saturated carbocycles. The Balaban J connectivity index is 1.81. The second kappa shape index (κ2) is 5.29. The molecule has 1 N–H and O–H groups in total. The quantitative estimate of drug-likeness (QED) is 0.923. The molecule has 1 saturated heterocycles. The second-order valence-corrected chi connectivity index (χ2v) is 5.61. The Morgan fingerprint density at radius 1 is 1.29 bits per heavy atom. The summed E-state index contributed by atoms with van der Waals surface area (Å²) in [6, 6.07) is 6.38. The van der Waals surface area contributed by atoms with Crippen molar-refractivity contribution in [1.29, 1.82) is 0 Å². The van der Waals surface area contributed by atoms with E-state index in [1.807, 2.05) is 26.0 Å². The molecule has 2 heterocycles. The van der Waals surface area contributed by atoms with Crippen LogP contribution in [0.1, 0.15) is 27.7 Å². The first-order valence-electron chi connectivity index (χ1n) is 7.03. The van der Waals surface area contributed by atoms with Gasteiger partial charge in [0.05, 0.1) is 12.2 Å². The summed E-state index contributed by atoms with van der Waals surface area (Å²) in [5, 5.41) is 11.2. The normalized spacial score (nSPS) is 14.8. The molecule has 0 atom stereocenters. The molecule has 1 aromatic carbocycles. The average Bonchev–Trinajstić information content (AvgIpc) is 2.83. The van der Waals surface area contributed by atoms with Crippen LogP contribution < -0.4 is 10.2 Å². The highest BCUT2D eigenvalue weighted by Crippen LogP contribution is 2.19. The molecule has 6 nitrogen and oxygen atoms in total. The van der Waals surface area contributed by atoms with Gasteiger partial charge in [0.1, 0.15) is 0 Å². The number of carbonyl (C=O) groups is 1. The van der Waals surface area contributed by atoms with Gasteiger partial charge in [0, 0.05) is 25.8 Å². The molecule has 1 amide bonds. The fourth-order valence-corrected chi connectivity index (χ4v) is 2.45. The lowest BCUT2D eigenvalue weighted by atomic mass is 10.1. The molecule has 0 spiro atoms. The standard InChI is InChI=1S/C15H19N5O/c1-10-4-11(2)6-12(5-10)19(3)15(21)14-9-20(18-17-14)13-7-16-8-13/h4-6,9,13,16H,7-8H2,1-3H3. The molecule has 1 aliphatic heterocycles. The number of carbonyl (C=O) groups excluding carboxylic acids is 1. The van der Waals surface area contributed by atoms with E-state index in [-0.39, 0.29) is 5.91 Å². The summed E-state index contributed by atoms with van der Waals surface area (Å²) >= 11 is 0. The molecule has 0 bridgehead atoms. The zero-order valence-electron chi connectivity index (χ0n) is 12.5. The summed E-state index contributed by atoms with van der Waals surface area (Å²) in [5.41, 5.74) is 3.52. The van der Waals surface area contributed by atoms with Crippen molar-refractivity contribution in [3.05, 3.63) is 41.2 Å². The maximum atomic E-state index is 12.5. The van der Waals surface area contributed by atoms with E-state index in [0.29, 0.717) is 11.7 Å². The molecule has 1 fully saturated rings. The minimum absolute atomic E-state index is 0.140. The van der Waals surface area contributed by atoms with Gasteiger partial charge in [-0.25, -0.2) is 4.68 Å². The number of nitrogens with one attached hydrogen (secondary N) is 1. The molecule has 0 radical (unpaired) electrons. The fourth-order valence-electron chi connectivity index (χ4n) is 2.45. The minimum Gasteiger partial charge on any atom is -0.312 e. The van der Waals surface area contributed by atoms with E-state index in [2.05, 4.69) is 21.7 Å². The average molecular weight is 285 g/mol. The SMILES string of the molecule is Cc1cc(C)cc(N(C)C(=O)c2cn(C3CNC3)nn2)c1. The number of hydrogen-bond donors (Lipinski definition) is 1. The third-order valence-corrected chi connectivity index (χ3v) is 3.76. The van der Waals surface area contributed by atoms with E-state index in [1.165, 1.54) is 0 Å². The van der Waals surface area contributed by atoms with Gasteiger partial charge in [-0.1, -0.05) is 11.3 Å². The number of aryl methyl sites for hydroxylation is 2. The highest BCUT2D eigenvalue weighted by Gasteiger charge is 2.23. The van der Waals surface area contributed by atoms with Gasteiger partial charge in [-0.15, -0.1) is 5.10 Å². The zero-order chi connectivity index (χ0) is 15.0. The van der Waals surface area contributed by atoms with Crippen molar-refractivity contribution in [3.63, 3.8) is 0 Å². The first-order chi connectivity index (χ1) is 10.0. The van der Waals surface area contributed by atoms with Crippen LogP contribution in [-0.4, -0.2) is 41.0 Å². The van der Waals surface area contributed by atoms with Gasteiger partial charge in [-0.05, 0) is 37.1 Å². The monoisotopic (exact) mass is 285 g/mol. The van der Waals surface area contributed by atoms with Gasteiger partial charge in [0.15, 0.2) is 5.69 Å². The number of nitrogens with zero attached hydrogens (tertiary/aromatic N) is 4. The number of hydrogen-bond acceptors (Lipinski definition) is 4. The maximum absolute atomic E-state index is 12.5. The van der Waals surface area contributed by atoms with E-state index >= 15 is 0 Å². The van der Waals surface area contributed by atoms with Crippen LogP contribution in [0.3, 0.4) is 0 Å². The van der Waals surface area contributed by atoms with Gasteiger partial charge < -0.3 is 10.2 Å². The molecule has 6 heteroatoms.